The van der Waals surface area contributed by atoms with Crippen LogP contribution in [0.5, 0.6) is 0 Å². The standard InChI is InChI=1S/C12H13O4P/c1-15-17(2,14)16-10-12(13)9-8-11-6-4-3-5-7-11/h3-7H,10H2,1-2H3. The van der Waals surface area contributed by atoms with Crippen LogP contribution in [0.4, 0.5) is 0 Å². The van der Waals surface area contributed by atoms with Gasteiger partial charge < -0.3 is 4.52 Å². The number of rotatable bonds is 4. The molecule has 0 aliphatic rings. The van der Waals surface area contributed by atoms with Gasteiger partial charge >= 0.3 is 7.60 Å². The van der Waals surface area contributed by atoms with Gasteiger partial charge in [-0.1, -0.05) is 24.1 Å². The molecule has 90 valence electrons. The summed E-state index contributed by atoms with van der Waals surface area (Å²) < 4.78 is 20.7. The molecule has 0 aliphatic carbocycles. The van der Waals surface area contributed by atoms with Gasteiger partial charge in [-0.3, -0.25) is 13.9 Å². The van der Waals surface area contributed by atoms with E-state index in [1.165, 1.54) is 13.8 Å². The molecule has 4 nitrogen and oxygen atoms in total. The third-order valence-corrected chi connectivity index (χ3v) is 3.14. The molecule has 0 aliphatic heterocycles. The fourth-order valence-electron chi connectivity index (χ4n) is 0.928. The van der Waals surface area contributed by atoms with Crippen LogP contribution in [-0.2, 0) is 18.4 Å². The summed E-state index contributed by atoms with van der Waals surface area (Å²) >= 11 is 0. The quantitative estimate of drug-likeness (QED) is 0.608. The van der Waals surface area contributed by atoms with E-state index in [-0.39, 0.29) is 6.61 Å². The predicted molar refractivity (Wildman–Crippen MR) is 64.8 cm³/mol. The molecule has 0 amide bonds. The SMILES string of the molecule is COP(C)(=O)OCC(=O)C#Cc1ccccc1. The van der Waals surface area contributed by atoms with Crippen LogP contribution >= 0.6 is 7.60 Å². The smallest absolute Gasteiger partial charge is 0.312 e. The highest BCUT2D eigenvalue weighted by Crippen LogP contribution is 2.42. The van der Waals surface area contributed by atoms with Crippen molar-refractivity contribution >= 4 is 13.4 Å². The molecule has 0 saturated carbocycles. The van der Waals surface area contributed by atoms with Crippen molar-refractivity contribution in [2.24, 2.45) is 0 Å². The van der Waals surface area contributed by atoms with E-state index in [0.717, 1.165) is 5.56 Å². The number of hydrogen-bond donors (Lipinski definition) is 0. The van der Waals surface area contributed by atoms with E-state index in [9.17, 15) is 9.36 Å². The van der Waals surface area contributed by atoms with E-state index < -0.39 is 13.4 Å². The predicted octanol–water partition coefficient (Wildman–Crippen LogP) is 2.09. The average molecular weight is 252 g/mol. The first-order valence-corrected chi connectivity index (χ1v) is 6.90. The van der Waals surface area contributed by atoms with Crippen molar-refractivity contribution < 1.29 is 18.4 Å². The zero-order chi connectivity index (χ0) is 12.7. The zero-order valence-electron chi connectivity index (χ0n) is 9.67. The highest BCUT2D eigenvalue weighted by molar-refractivity contribution is 7.52. The molecule has 0 saturated heterocycles. The Morgan fingerprint density at radius 3 is 2.59 bits per heavy atom. The second kappa shape index (κ2) is 6.36. The minimum absolute atomic E-state index is 0.332. The van der Waals surface area contributed by atoms with Gasteiger partial charge in [0.25, 0.3) is 0 Å². The van der Waals surface area contributed by atoms with Crippen molar-refractivity contribution in [2.45, 2.75) is 0 Å². The van der Waals surface area contributed by atoms with Gasteiger partial charge in [-0.05, 0) is 18.1 Å². The summed E-state index contributed by atoms with van der Waals surface area (Å²) in [6, 6.07) is 9.11. The van der Waals surface area contributed by atoms with Gasteiger partial charge in [-0.15, -0.1) is 0 Å². The number of ketones is 1. The van der Waals surface area contributed by atoms with Crippen LogP contribution in [0.1, 0.15) is 5.56 Å². The van der Waals surface area contributed by atoms with Gasteiger partial charge in [0.05, 0.1) is 0 Å². The van der Waals surface area contributed by atoms with Gasteiger partial charge in [-0.2, -0.15) is 0 Å². The largest absolute Gasteiger partial charge is 0.327 e. The Hall–Kier alpha value is -1.40. The lowest BCUT2D eigenvalue weighted by Crippen LogP contribution is -2.05. The Balaban J connectivity index is 2.52. The van der Waals surface area contributed by atoms with Crippen LogP contribution in [-0.4, -0.2) is 26.2 Å². The molecule has 1 rings (SSSR count). The van der Waals surface area contributed by atoms with Crippen molar-refractivity contribution in [1.29, 1.82) is 0 Å². The zero-order valence-corrected chi connectivity index (χ0v) is 10.6. The summed E-state index contributed by atoms with van der Waals surface area (Å²) in [5, 5.41) is 0. The first-order valence-electron chi connectivity index (χ1n) is 4.91. The average Bonchev–Trinajstić information content (AvgIpc) is 2.35. The number of carbonyl (C=O) groups is 1. The minimum atomic E-state index is -3.11. The normalized spacial score (nSPS) is 13.3. The molecule has 17 heavy (non-hydrogen) atoms. The highest BCUT2D eigenvalue weighted by atomic mass is 31.2. The maximum atomic E-state index is 11.3. The fraction of sp³-hybridized carbons (Fsp3) is 0.250. The molecule has 0 aromatic heterocycles. The van der Waals surface area contributed by atoms with E-state index in [4.69, 9.17) is 4.52 Å². The van der Waals surface area contributed by atoms with E-state index in [1.807, 2.05) is 18.2 Å². The summed E-state index contributed by atoms with van der Waals surface area (Å²) in [5.74, 6) is 4.66. The summed E-state index contributed by atoms with van der Waals surface area (Å²) in [4.78, 5) is 11.3. The van der Waals surface area contributed by atoms with Crippen molar-refractivity contribution in [3.8, 4) is 11.8 Å². The molecule has 0 N–H and O–H groups in total. The van der Waals surface area contributed by atoms with Crippen LogP contribution < -0.4 is 0 Å². The molecule has 1 aromatic carbocycles. The fourth-order valence-corrected chi connectivity index (χ4v) is 1.39. The van der Waals surface area contributed by atoms with E-state index >= 15 is 0 Å². The van der Waals surface area contributed by atoms with Gasteiger partial charge in [0.15, 0.2) is 0 Å². The second-order valence-corrected chi connectivity index (χ2v) is 5.43. The molecule has 0 fully saturated rings. The third-order valence-electron chi connectivity index (χ3n) is 1.88. The third kappa shape index (κ3) is 5.46. The van der Waals surface area contributed by atoms with Gasteiger partial charge in [0.2, 0.25) is 5.78 Å². The molecular weight excluding hydrogens is 239 g/mol. The first-order chi connectivity index (χ1) is 8.03. The summed E-state index contributed by atoms with van der Waals surface area (Å²) in [6.07, 6.45) is 0. The Labute approximate surface area is 100 Å². The molecule has 1 unspecified atom stereocenters. The molecular formula is C12H13O4P. The molecule has 1 atom stereocenters. The first kappa shape index (κ1) is 13.7. The van der Waals surface area contributed by atoms with Crippen LogP contribution in [0.3, 0.4) is 0 Å². The maximum absolute atomic E-state index is 11.3. The Bertz CT molecular complexity index is 484. The Morgan fingerprint density at radius 1 is 1.35 bits per heavy atom. The highest BCUT2D eigenvalue weighted by Gasteiger charge is 2.15. The minimum Gasteiger partial charge on any atom is -0.312 e. The van der Waals surface area contributed by atoms with Gasteiger partial charge in [0, 0.05) is 19.3 Å². The lowest BCUT2D eigenvalue weighted by molar-refractivity contribution is -0.115. The van der Waals surface area contributed by atoms with E-state index in [2.05, 4.69) is 16.4 Å². The van der Waals surface area contributed by atoms with Crippen LogP contribution in [0.15, 0.2) is 30.3 Å². The molecule has 0 spiro atoms. The number of Topliss-reactive ketones (excluding diaryl/α,β-unsaturated/α-hetero) is 1. The summed E-state index contributed by atoms with van der Waals surface area (Å²) in [5.41, 5.74) is 0.743. The summed E-state index contributed by atoms with van der Waals surface area (Å²) in [7, 11) is -1.85. The van der Waals surface area contributed by atoms with E-state index in [0.29, 0.717) is 0 Å². The van der Waals surface area contributed by atoms with Crippen molar-refractivity contribution in [2.75, 3.05) is 20.4 Å². The number of carbonyl (C=O) groups excluding carboxylic acids is 1. The molecule has 5 heteroatoms. The molecule has 0 bridgehead atoms. The van der Waals surface area contributed by atoms with Crippen LogP contribution in [0, 0.1) is 11.8 Å². The van der Waals surface area contributed by atoms with Crippen molar-refractivity contribution in [1.82, 2.24) is 0 Å². The van der Waals surface area contributed by atoms with Gasteiger partial charge in [0.1, 0.15) is 6.61 Å². The Morgan fingerprint density at radius 2 is 2.00 bits per heavy atom. The van der Waals surface area contributed by atoms with E-state index in [1.54, 1.807) is 12.1 Å². The van der Waals surface area contributed by atoms with Crippen LogP contribution in [0.25, 0.3) is 0 Å². The lowest BCUT2D eigenvalue weighted by atomic mass is 10.2. The lowest BCUT2D eigenvalue weighted by Gasteiger charge is -2.08. The monoisotopic (exact) mass is 252 g/mol. The number of benzene rings is 1. The molecule has 1 aromatic rings. The number of hydrogen-bond acceptors (Lipinski definition) is 4. The van der Waals surface area contributed by atoms with Crippen molar-refractivity contribution in [3.05, 3.63) is 35.9 Å². The molecule has 0 radical (unpaired) electrons. The van der Waals surface area contributed by atoms with Crippen LogP contribution in [0.2, 0.25) is 0 Å². The maximum Gasteiger partial charge on any atom is 0.327 e. The van der Waals surface area contributed by atoms with Crippen molar-refractivity contribution in [3.63, 3.8) is 0 Å². The summed E-state index contributed by atoms with van der Waals surface area (Å²) in [6.45, 7) is 0.965. The van der Waals surface area contributed by atoms with Gasteiger partial charge in [-0.25, -0.2) is 0 Å². The topological polar surface area (TPSA) is 52.6 Å². The Kier molecular flexibility index (Phi) is 5.11. The molecule has 0 heterocycles. The second-order valence-electron chi connectivity index (χ2n) is 3.27.